The van der Waals surface area contributed by atoms with Gasteiger partial charge in [-0.25, -0.2) is 0 Å². The summed E-state index contributed by atoms with van der Waals surface area (Å²) >= 11 is 0. The van der Waals surface area contributed by atoms with Crippen LogP contribution in [0.1, 0.15) is 31.0 Å². The van der Waals surface area contributed by atoms with Crippen LogP contribution in [0.15, 0.2) is 18.2 Å². The Morgan fingerprint density at radius 2 is 2.18 bits per heavy atom. The second-order valence-corrected chi connectivity index (χ2v) is 4.59. The molecule has 1 heterocycles. The van der Waals surface area contributed by atoms with Crippen molar-refractivity contribution in [3.8, 4) is 0 Å². The number of carboxylic acid groups (broad SMARTS) is 1. The maximum atomic E-state index is 10.7. The quantitative estimate of drug-likeness (QED) is 0.883. The Morgan fingerprint density at radius 3 is 2.76 bits per heavy atom. The van der Waals surface area contributed by atoms with Gasteiger partial charge in [0, 0.05) is 12.4 Å². The minimum absolute atomic E-state index is 0.0537. The minimum Gasteiger partial charge on any atom is -0.481 e. The average Bonchev–Trinajstić information content (AvgIpc) is 2.55. The van der Waals surface area contributed by atoms with Gasteiger partial charge in [0.25, 0.3) is 0 Å². The van der Waals surface area contributed by atoms with E-state index in [1.807, 2.05) is 29.9 Å². The van der Waals surface area contributed by atoms with Crippen molar-refractivity contribution in [1.29, 1.82) is 0 Å². The van der Waals surface area contributed by atoms with Gasteiger partial charge in [-0.05, 0) is 17.5 Å². The third-order valence-electron chi connectivity index (χ3n) is 2.85. The van der Waals surface area contributed by atoms with Crippen LogP contribution < -0.4 is 0 Å². The molecule has 1 aromatic heterocycles. The zero-order valence-corrected chi connectivity index (χ0v) is 10.3. The van der Waals surface area contributed by atoms with Crippen LogP contribution >= 0.6 is 0 Å². The molecular weight excluding hydrogens is 216 g/mol. The molecule has 90 valence electrons. The summed E-state index contributed by atoms with van der Waals surface area (Å²) in [7, 11) is 1.89. The Bertz CT molecular complexity index is 570. The molecule has 0 fully saturated rings. The van der Waals surface area contributed by atoms with Gasteiger partial charge >= 0.3 is 5.97 Å². The molecule has 0 saturated heterocycles. The predicted molar refractivity (Wildman–Crippen MR) is 66.1 cm³/mol. The van der Waals surface area contributed by atoms with Gasteiger partial charge < -0.3 is 5.11 Å². The van der Waals surface area contributed by atoms with E-state index in [0.717, 1.165) is 22.2 Å². The van der Waals surface area contributed by atoms with E-state index < -0.39 is 5.97 Å². The number of aryl methyl sites for hydroxylation is 1. The summed E-state index contributed by atoms with van der Waals surface area (Å²) in [5.74, 6) is -0.445. The van der Waals surface area contributed by atoms with Crippen LogP contribution in [-0.4, -0.2) is 20.9 Å². The van der Waals surface area contributed by atoms with Crippen molar-refractivity contribution >= 4 is 16.9 Å². The van der Waals surface area contributed by atoms with E-state index in [1.54, 1.807) is 0 Å². The number of aromatic nitrogens is 2. The molecule has 0 unspecified atom stereocenters. The van der Waals surface area contributed by atoms with Crippen LogP contribution in [0.25, 0.3) is 10.9 Å². The smallest absolute Gasteiger partial charge is 0.307 e. The van der Waals surface area contributed by atoms with Crippen LogP contribution in [0, 0.1) is 0 Å². The van der Waals surface area contributed by atoms with E-state index in [-0.39, 0.29) is 6.42 Å². The summed E-state index contributed by atoms with van der Waals surface area (Å²) in [4.78, 5) is 10.7. The molecule has 2 rings (SSSR count). The number of fused-ring (bicyclic) bond motifs is 1. The van der Waals surface area contributed by atoms with Crippen LogP contribution in [0.3, 0.4) is 0 Å². The molecule has 0 aliphatic heterocycles. The van der Waals surface area contributed by atoms with Crippen LogP contribution in [0.2, 0.25) is 0 Å². The zero-order chi connectivity index (χ0) is 12.6. The van der Waals surface area contributed by atoms with Crippen molar-refractivity contribution in [1.82, 2.24) is 9.78 Å². The van der Waals surface area contributed by atoms with Gasteiger partial charge in [-0.1, -0.05) is 26.0 Å². The third-order valence-corrected chi connectivity index (χ3v) is 2.85. The van der Waals surface area contributed by atoms with Crippen molar-refractivity contribution in [2.75, 3.05) is 0 Å². The highest BCUT2D eigenvalue weighted by Crippen LogP contribution is 2.25. The van der Waals surface area contributed by atoms with Gasteiger partial charge in [-0.15, -0.1) is 0 Å². The second kappa shape index (κ2) is 4.20. The standard InChI is InChI=1S/C13H16N2O2/c1-8(2)13-10-5-4-9(7-12(16)17)6-11(10)15(3)14-13/h4-6,8H,7H2,1-3H3,(H,16,17). The Labute approximate surface area is 99.9 Å². The average molecular weight is 232 g/mol. The van der Waals surface area contributed by atoms with Crippen LogP contribution in [-0.2, 0) is 18.3 Å². The van der Waals surface area contributed by atoms with Gasteiger partial charge in [-0.2, -0.15) is 5.10 Å². The maximum Gasteiger partial charge on any atom is 0.307 e. The monoisotopic (exact) mass is 232 g/mol. The Hall–Kier alpha value is -1.84. The fourth-order valence-electron chi connectivity index (χ4n) is 2.04. The molecule has 4 nitrogen and oxygen atoms in total. The highest BCUT2D eigenvalue weighted by Gasteiger charge is 2.12. The SMILES string of the molecule is CC(C)c1nn(C)c2cc(CC(=O)O)ccc12. The lowest BCUT2D eigenvalue weighted by Crippen LogP contribution is -2.00. The molecule has 0 radical (unpaired) electrons. The van der Waals surface area contributed by atoms with Crippen molar-refractivity contribution in [3.05, 3.63) is 29.5 Å². The van der Waals surface area contributed by atoms with E-state index in [0.29, 0.717) is 5.92 Å². The molecule has 0 amide bonds. The molecule has 17 heavy (non-hydrogen) atoms. The molecule has 0 saturated carbocycles. The molecule has 1 aromatic carbocycles. The lowest BCUT2D eigenvalue weighted by atomic mass is 10.0. The number of aliphatic carboxylic acids is 1. The van der Waals surface area contributed by atoms with Gasteiger partial charge in [0.05, 0.1) is 17.6 Å². The van der Waals surface area contributed by atoms with E-state index in [2.05, 4.69) is 18.9 Å². The van der Waals surface area contributed by atoms with Crippen molar-refractivity contribution in [3.63, 3.8) is 0 Å². The highest BCUT2D eigenvalue weighted by atomic mass is 16.4. The molecule has 0 aliphatic carbocycles. The molecule has 0 atom stereocenters. The van der Waals surface area contributed by atoms with E-state index in [1.165, 1.54) is 0 Å². The molecule has 0 spiro atoms. The Balaban J connectivity index is 2.55. The Kier molecular flexibility index (Phi) is 2.88. The van der Waals surface area contributed by atoms with Crippen LogP contribution in [0.4, 0.5) is 0 Å². The number of carbonyl (C=O) groups is 1. The molecule has 0 aliphatic rings. The number of hydrogen-bond acceptors (Lipinski definition) is 2. The highest BCUT2D eigenvalue weighted by molar-refractivity contribution is 5.84. The Morgan fingerprint density at radius 1 is 1.47 bits per heavy atom. The minimum atomic E-state index is -0.810. The molecule has 0 bridgehead atoms. The van der Waals surface area contributed by atoms with Gasteiger partial charge in [0.15, 0.2) is 0 Å². The van der Waals surface area contributed by atoms with E-state index >= 15 is 0 Å². The van der Waals surface area contributed by atoms with Crippen LogP contribution in [0.5, 0.6) is 0 Å². The van der Waals surface area contributed by atoms with Gasteiger partial charge in [0.2, 0.25) is 0 Å². The van der Waals surface area contributed by atoms with Gasteiger partial charge in [0.1, 0.15) is 0 Å². The lowest BCUT2D eigenvalue weighted by Gasteiger charge is -2.01. The maximum absolute atomic E-state index is 10.7. The first-order chi connectivity index (χ1) is 7.99. The number of benzene rings is 1. The lowest BCUT2D eigenvalue weighted by molar-refractivity contribution is -0.136. The van der Waals surface area contributed by atoms with Crippen molar-refractivity contribution < 1.29 is 9.90 Å². The normalized spacial score (nSPS) is 11.3. The number of hydrogen-bond donors (Lipinski definition) is 1. The molecular formula is C13H16N2O2. The number of nitrogens with zero attached hydrogens (tertiary/aromatic N) is 2. The fourth-order valence-corrected chi connectivity index (χ4v) is 2.04. The second-order valence-electron chi connectivity index (χ2n) is 4.59. The topological polar surface area (TPSA) is 55.1 Å². The summed E-state index contributed by atoms with van der Waals surface area (Å²) in [6, 6.07) is 5.74. The first-order valence-corrected chi connectivity index (χ1v) is 5.66. The largest absolute Gasteiger partial charge is 0.481 e. The summed E-state index contributed by atoms with van der Waals surface area (Å²) in [6.45, 7) is 4.21. The summed E-state index contributed by atoms with van der Waals surface area (Å²) < 4.78 is 1.82. The molecule has 1 N–H and O–H groups in total. The molecule has 4 heteroatoms. The van der Waals surface area contributed by atoms with Crippen molar-refractivity contribution in [2.45, 2.75) is 26.2 Å². The van der Waals surface area contributed by atoms with Gasteiger partial charge in [-0.3, -0.25) is 9.48 Å². The fraction of sp³-hybridized carbons (Fsp3) is 0.385. The zero-order valence-electron chi connectivity index (χ0n) is 10.3. The van der Waals surface area contributed by atoms with Crippen molar-refractivity contribution in [2.24, 2.45) is 7.05 Å². The van der Waals surface area contributed by atoms with E-state index in [4.69, 9.17) is 5.11 Å². The first kappa shape index (κ1) is 11.6. The predicted octanol–water partition coefficient (Wildman–Crippen LogP) is 2.32. The van der Waals surface area contributed by atoms with E-state index in [9.17, 15) is 4.79 Å². The summed E-state index contributed by atoms with van der Waals surface area (Å²) in [6.07, 6.45) is 0.0537. The number of rotatable bonds is 3. The number of carboxylic acids is 1. The summed E-state index contributed by atoms with van der Waals surface area (Å²) in [5, 5.41) is 14.4. The summed E-state index contributed by atoms with van der Waals surface area (Å²) in [5.41, 5.74) is 2.86. The third kappa shape index (κ3) is 2.16. The molecule has 2 aromatic rings. The first-order valence-electron chi connectivity index (χ1n) is 5.66.